The molecule has 2 aromatic rings. The summed E-state index contributed by atoms with van der Waals surface area (Å²) in [6.45, 7) is 8.47. The molecule has 0 fully saturated rings. The highest BCUT2D eigenvalue weighted by molar-refractivity contribution is 6.28. The van der Waals surface area contributed by atoms with Crippen molar-refractivity contribution in [3.63, 3.8) is 0 Å². The Bertz CT molecular complexity index is 942. The van der Waals surface area contributed by atoms with E-state index in [2.05, 4.69) is 39.3 Å². The number of anilines is 3. The fourth-order valence-corrected chi connectivity index (χ4v) is 3.66. The van der Waals surface area contributed by atoms with Gasteiger partial charge in [-0.05, 0) is 61.4 Å². The minimum absolute atomic E-state index is 0.0319. The third-order valence-corrected chi connectivity index (χ3v) is 5.48. The highest BCUT2D eigenvalue weighted by atomic mass is 35.5. The van der Waals surface area contributed by atoms with Crippen LogP contribution in [0.15, 0.2) is 24.3 Å². The number of benzene rings is 1. The Morgan fingerprint density at radius 2 is 2.12 bits per heavy atom. The van der Waals surface area contributed by atoms with Gasteiger partial charge >= 0.3 is 6.09 Å². The molecule has 1 aliphatic rings. The first kappa shape index (κ1) is 24.7. The Hall–Kier alpha value is -2.94. The Kier molecular flexibility index (Phi) is 8.82. The molecule has 9 nitrogen and oxygen atoms in total. The maximum Gasteiger partial charge on any atom is 0.407 e. The van der Waals surface area contributed by atoms with Gasteiger partial charge in [0.1, 0.15) is 11.4 Å². The van der Waals surface area contributed by atoms with Crippen LogP contribution in [0.25, 0.3) is 0 Å². The average molecular weight is 477 g/mol. The number of amides is 1. The zero-order valence-electron chi connectivity index (χ0n) is 19.4. The highest BCUT2D eigenvalue weighted by Gasteiger charge is 2.29. The second-order valence-electron chi connectivity index (χ2n) is 8.47. The van der Waals surface area contributed by atoms with E-state index < -0.39 is 6.09 Å². The number of nitrogens with one attached hydrogen (secondary N) is 2. The number of carbonyl (C=O) groups is 1. The van der Waals surface area contributed by atoms with Crippen molar-refractivity contribution >= 4 is 35.0 Å². The summed E-state index contributed by atoms with van der Waals surface area (Å²) in [5, 5.41) is 6.17. The van der Waals surface area contributed by atoms with E-state index in [9.17, 15) is 4.79 Å². The number of nitrogen functional groups attached to an aromatic ring is 1. The molecule has 1 unspecified atom stereocenters. The second-order valence-corrected chi connectivity index (χ2v) is 8.80. The molecule has 0 bridgehead atoms. The van der Waals surface area contributed by atoms with E-state index in [1.165, 1.54) is 0 Å². The van der Waals surface area contributed by atoms with Gasteiger partial charge in [-0.1, -0.05) is 26.0 Å². The van der Waals surface area contributed by atoms with E-state index in [1.807, 2.05) is 31.2 Å². The molecule has 10 heteroatoms. The molecule has 1 aliphatic heterocycles. The number of ether oxygens (including phenoxy) is 2. The number of hydrogen-bond donors (Lipinski definition) is 3. The summed E-state index contributed by atoms with van der Waals surface area (Å²) in [4.78, 5) is 22.4. The van der Waals surface area contributed by atoms with Crippen LogP contribution in [0, 0.1) is 5.92 Å². The number of carbonyl (C=O) groups excluding carboxylic acids is 1. The number of nitrogens with two attached hydrogens (primary N) is 1. The Labute approximate surface area is 200 Å². The van der Waals surface area contributed by atoms with Crippen molar-refractivity contribution in [1.82, 2.24) is 15.3 Å². The van der Waals surface area contributed by atoms with Gasteiger partial charge in [0.15, 0.2) is 11.6 Å². The maximum atomic E-state index is 12.0. The summed E-state index contributed by atoms with van der Waals surface area (Å²) < 4.78 is 11.1. The third kappa shape index (κ3) is 7.28. The van der Waals surface area contributed by atoms with Crippen LogP contribution in [0.3, 0.4) is 0 Å². The van der Waals surface area contributed by atoms with Gasteiger partial charge in [-0.2, -0.15) is 9.97 Å². The Morgan fingerprint density at radius 3 is 2.91 bits per heavy atom. The van der Waals surface area contributed by atoms with Crippen LogP contribution in [-0.4, -0.2) is 42.0 Å². The van der Waals surface area contributed by atoms with Crippen molar-refractivity contribution in [2.45, 2.75) is 52.7 Å². The monoisotopic (exact) mass is 476 g/mol. The molecule has 0 radical (unpaired) electrons. The first-order valence-electron chi connectivity index (χ1n) is 11.3. The standard InChI is InChI=1S/C23H33ClN6O3/c1-15(2)9-12-32-18-8-6-7-17(13-18)14-26-23(31)33-11-5-4-10-30-16(3)27-19-20(25)28-22(24)29-21(19)30/h6-8,13,15-16,27H,4-5,9-12,14H2,1-3H3,(H,26,31)(H2,25,28,29). The number of nitrogens with zero attached hydrogens (tertiary/aromatic N) is 3. The van der Waals surface area contributed by atoms with Crippen molar-refractivity contribution in [3.8, 4) is 5.75 Å². The predicted octanol–water partition coefficient (Wildman–Crippen LogP) is 4.42. The van der Waals surface area contributed by atoms with E-state index in [-0.39, 0.29) is 11.4 Å². The number of unbranched alkanes of at least 4 members (excludes halogenated alkanes) is 1. The number of fused-ring (bicyclic) bond motifs is 1. The van der Waals surface area contributed by atoms with Crippen LogP contribution < -0.4 is 26.0 Å². The maximum absolute atomic E-state index is 12.0. The molecule has 1 aromatic carbocycles. The summed E-state index contributed by atoms with van der Waals surface area (Å²) >= 11 is 5.95. The number of alkyl carbamates (subject to hydrolysis) is 1. The first-order valence-corrected chi connectivity index (χ1v) is 11.7. The number of aromatic nitrogens is 2. The number of hydrogen-bond acceptors (Lipinski definition) is 8. The molecule has 4 N–H and O–H groups in total. The van der Waals surface area contributed by atoms with Crippen LogP contribution in [0.2, 0.25) is 5.28 Å². The van der Waals surface area contributed by atoms with Gasteiger partial charge in [-0.25, -0.2) is 4.79 Å². The van der Waals surface area contributed by atoms with Crippen molar-refractivity contribution in [3.05, 3.63) is 35.1 Å². The molecule has 0 spiro atoms. The lowest BCUT2D eigenvalue weighted by Crippen LogP contribution is -2.34. The molecule has 1 atom stereocenters. The highest BCUT2D eigenvalue weighted by Crippen LogP contribution is 2.37. The van der Waals surface area contributed by atoms with E-state index in [1.54, 1.807) is 0 Å². The van der Waals surface area contributed by atoms with E-state index in [4.69, 9.17) is 26.8 Å². The number of rotatable bonds is 11. The van der Waals surface area contributed by atoms with Crippen molar-refractivity contribution in [2.75, 3.05) is 35.7 Å². The van der Waals surface area contributed by atoms with Crippen molar-refractivity contribution < 1.29 is 14.3 Å². The number of halogens is 1. The van der Waals surface area contributed by atoms with Gasteiger partial charge in [-0.15, -0.1) is 0 Å². The zero-order chi connectivity index (χ0) is 23.8. The summed E-state index contributed by atoms with van der Waals surface area (Å²) in [6, 6.07) is 7.73. The molecule has 33 heavy (non-hydrogen) atoms. The lowest BCUT2D eigenvalue weighted by atomic mass is 10.1. The van der Waals surface area contributed by atoms with Gasteiger partial charge in [0.05, 0.1) is 19.4 Å². The van der Waals surface area contributed by atoms with Gasteiger partial charge in [-0.3, -0.25) is 0 Å². The van der Waals surface area contributed by atoms with Crippen LogP contribution >= 0.6 is 11.6 Å². The van der Waals surface area contributed by atoms with Gasteiger partial charge in [0.25, 0.3) is 0 Å². The largest absolute Gasteiger partial charge is 0.494 e. The quantitative estimate of drug-likeness (QED) is 0.322. The molecular weight excluding hydrogens is 444 g/mol. The van der Waals surface area contributed by atoms with E-state index >= 15 is 0 Å². The summed E-state index contributed by atoms with van der Waals surface area (Å²) in [7, 11) is 0. The van der Waals surface area contributed by atoms with Gasteiger partial charge in [0, 0.05) is 13.1 Å². The van der Waals surface area contributed by atoms with Crippen LogP contribution in [0.5, 0.6) is 5.75 Å². The van der Waals surface area contributed by atoms with Gasteiger partial charge < -0.3 is 30.7 Å². The summed E-state index contributed by atoms with van der Waals surface area (Å²) in [6.07, 6.45) is 2.14. The lowest BCUT2D eigenvalue weighted by molar-refractivity contribution is 0.143. The molecule has 0 saturated carbocycles. The third-order valence-electron chi connectivity index (χ3n) is 5.31. The normalized spacial score (nSPS) is 14.7. The Balaban J connectivity index is 1.34. The zero-order valence-corrected chi connectivity index (χ0v) is 20.2. The first-order chi connectivity index (χ1) is 15.8. The SMILES string of the molecule is CC(C)CCOc1cccc(CNC(=O)OCCCCN2c3nc(Cl)nc(N)c3NC2C)c1. The van der Waals surface area contributed by atoms with E-state index in [0.717, 1.165) is 37.1 Å². The molecule has 1 aromatic heterocycles. The lowest BCUT2D eigenvalue weighted by Gasteiger charge is -2.22. The fraction of sp³-hybridized carbons (Fsp3) is 0.522. The predicted molar refractivity (Wildman–Crippen MR) is 131 cm³/mol. The molecular formula is C23H33ClN6O3. The second kappa shape index (κ2) is 11.8. The summed E-state index contributed by atoms with van der Waals surface area (Å²) in [5.41, 5.74) is 7.59. The van der Waals surface area contributed by atoms with Crippen LogP contribution in [-0.2, 0) is 11.3 Å². The van der Waals surface area contributed by atoms with Crippen molar-refractivity contribution in [2.24, 2.45) is 5.92 Å². The van der Waals surface area contributed by atoms with Crippen molar-refractivity contribution in [1.29, 1.82) is 0 Å². The van der Waals surface area contributed by atoms with Crippen LogP contribution in [0.4, 0.5) is 22.1 Å². The molecule has 1 amide bonds. The molecule has 3 rings (SSSR count). The van der Waals surface area contributed by atoms with Gasteiger partial charge in [0.2, 0.25) is 5.28 Å². The minimum Gasteiger partial charge on any atom is -0.494 e. The smallest absolute Gasteiger partial charge is 0.407 e. The minimum atomic E-state index is -0.435. The Morgan fingerprint density at radius 1 is 1.30 bits per heavy atom. The summed E-state index contributed by atoms with van der Waals surface area (Å²) in [5.74, 6) is 2.45. The van der Waals surface area contributed by atoms with Crippen LogP contribution in [0.1, 0.15) is 45.6 Å². The molecule has 0 saturated heterocycles. The molecule has 2 heterocycles. The topological polar surface area (TPSA) is 115 Å². The fourth-order valence-electron chi connectivity index (χ4n) is 3.49. The molecule has 180 valence electrons. The van der Waals surface area contributed by atoms with E-state index in [0.29, 0.717) is 43.0 Å². The molecule has 0 aliphatic carbocycles. The average Bonchev–Trinajstić information content (AvgIpc) is 3.08.